The van der Waals surface area contributed by atoms with Crippen LogP contribution in [0.2, 0.25) is 5.02 Å². The van der Waals surface area contributed by atoms with E-state index in [-0.39, 0.29) is 34.0 Å². The van der Waals surface area contributed by atoms with Crippen LogP contribution in [0.5, 0.6) is 0 Å². The number of anilines is 1. The SMILES string of the molecule is CC(=O)C1(O)CC2CC[C@@H](C1)C2S(=O)(=O)c1cc(C(=O)Nc2cc(F)c(F)c(F)c2)ccc1Cl. The van der Waals surface area contributed by atoms with Crippen molar-refractivity contribution in [1.82, 2.24) is 0 Å². The number of sulfone groups is 1. The quantitative estimate of drug-likeness (QED) is 0.579. The van der Waals surface area contributed by atoms with Crippen molar-refractivity contribution in [3.63, 3.8) is 0 Å². The average Bonchev–Trinajstić information content (AvgIpc) is 3.05. The molecule has 3 unspecified atom stereocenters. The minimum atomic E-state index is -4.06. The molecule has 2 saturated carbocycles. The number of Topliss-reactive ketones (excluding diaryl/α,β-unsaturated/α-hetero) is 1. The molecule has 2 aromatic rings. The molecule has 34 heavy (non-hydrogen) atoms. The van der Waals surface area contributed by atoms with Crippen molar-refractivity contribution < 1.29 is 36.3 Å². The van der Waals surface area contributed by atoms with Crippen LogP contribution in [-0.4, -0.2) is 36.1 Å². The Bertz CT molecular complexity index is 1260. The lowest BCUT2D eigenvalue weighted by Crippen LogP contribution is -2.49. The molecule has 2 aliphatic carbocycles. The van der Waals surface area contributed by atoms with Crippen molar-refractivity contribution in [3.05, 3.63) is 58.4 Å². The van der Waals surface area contributed by atoms with Crippen LogP contribution < -0.4 is 5.32 Å². The summed E-state index contributed by atoms with van der Waals surface area (Å²) < 4.78 is 67.2. The number of fused-ring (bicyclic) bond motifs is 2. The fourth-order valence-corrected chi connectivity index (χ4v) is 8.01. The lowest BCUT2D eigenvalue weighted by molar-refractivity contribution is -0.140. The number of carbonyl (C=O) groups excluding carboxylic acids is 2. The molecule has 182 valence electrons. The highest BCUT2D eigenvalue weighted by Crippen LogP contribution is 2.51. The largest absolute Gasteiger partial charge is 0.382 e. The molecule has 0 saturated heterocycles. The maximum absolute atomic E-state index is 13.6. The van der Waals surface area contributed by atoms with Gasteiger partial charge in [-0.15, -0.1) is 0 Å². The van der Waals surface area contributed by atoms with Gasteiger partial charge in [-0.2, -0.15) is 0 Å². The smallest absolute Gasteiger partial charge is 0.255 e. The highest BCUT2D eigenvalue weighted by Gasteiger charge is 2.55. The van der Waals surface area contributed by atoms with Gasteiger partial charge >= 0.3 is 0 Å². The molecule has 0 radical (unpaired) electrons. The van der Waals surface area contributed by atoms with Gasteiger partial charge in [0.15, 0.2) is 33.1 Å². The second kappa shape index (κ2) is 8.66. The first-order valence-corrected chi connectivity index (χ1v) is 12.5. The topological polar surface area (TPSA) is 101 Å². The van der Waals surface area contributed by atoms with Gasteiger partial charge in [-0.3, -0.25) is 9.59 Å². The number of ketones is 1. The summed E-state index contributed by atoms with van der Waals surface area (Å²) in [6, 6.07) is 4.75. The van der Waals surface area contributed by atoms with Crippen LogP contribution in [0.15, 0.2) is 35.2 Å². The Morgan fingerprint density at radius 2 is 1.62 bits per heavy atom. The molecule has 2 N–H and O–H groups in total. The molecule has 0 aromatic heterocycles. The number of amides is 1. The number of carbonyl (C=O) groups is 2. The highest BCUT2D eigenvalue weighted by atomic mass is 35.5. The maximum atomic E-state index is 13.6. The second-order valence-electron chi connectivity index (χ2n) is 8.96. The Kier molecular flexibility index (Phi) is 6.28. The lowest BCUT2D eigenvalue weighted by Gasteiger charge is -2.39. The van der Waals surface area contributed by atoms with Crippen LogP contribution in [0.4, 0.5) is 18.9 Å². The zero-order valence-electron chi connectivity index (χ0n) is 17.9. The molecule has 2 aromatic carbocycles. The summed E-state index contributed by atoms with van der Waals surface area (Å²) in [5.41, 5.74) is -2.05. The lowest BCUT2D eigenvalue weighted by atomic mass is 9.75. The molecular formula is C23H21ClF3NO5S. The van der Waals surface area contributed by atoms with E-state index in [2.05, 4.69) is 5.32 Å². The molecule has 2 fully saturated rings. The first-order chi connectivity index (χ1) is 15.8. The van der Waals surface area contributed by atoms with E-state index in [0.717, 1.165) is 6.07 Å². The molecule has 6 nitrogen and oxygen atoms in total. The summed E-state index contributed by atoms with van der Waals surface area (Å²) in [7, 11) is -4.06. The molecule has 2 bridgehead atoms. The number of halogens is 4. The Hall–Kier alpha value is -2.43. The van der Waals surface area contributed by atoms with Crippen molar-refractivity contribution in [2.45, 2.75) is 48.4 Å². The number of benzene rings is 2. The van der Waals surface area contributed by atoms with E-state index in [1.807, 2.05) is 0 Å². The summed E-state index contributed by atoms with van der Waals surface area (Å²) in [6.07, 6.45) is 1.12. The van der Waals surface area contributed by atoms with E-state index in [9.17, 15) is 36.3 Å². The van der Waals surface area contributed by atoms with Crippen molar-refractivity contribution >= 4 is 38.8 Å². The molecule has 0 aliphatic heterocycles. The molecule has 2 aliphatic rings. The summed E-state index contributed by atoms with van der Waals surface area (Å²) in [5.74, 6) is -6.84. The van der Waals surface area contributed by atoms with Crippen LogP contribution in [-0.2, 0) is 14.6 Å². The van der Waals surface area contributed by atoms with Gasteiger partial charge in [0.1, 0.15) is 5.60 Å². The van der Waals surface area contributed by atoms with Crippen molar-refractivity contribution in [2.24, 2.45) is 11.8 Å². The third kappa shape index (κ3) is 4.23. The van der Waals surface area contributed by atoms with Crippen LogP contribution in [0, 0.1) is 29.3 Å². The standard InChI is InChI=1S/C23H21ClF3NO5S/c1-11(29)23(31)9-13-2-3-14(10-23)21(13)34(32,33)19-6-12(4-5-16(19)24)22(30)28-15-7-17(25)20(27)18(26)8-15/h4-8,13-14,21,31H,2-3,9-10H2,1H3,(H,28,30)/t13-,14?,21?,23?/m0/s1. The first-order valence-electron chi connectivity index (χ1n) is 10.6. The molecule has 0 heterocycles. The van der Waals surface area contributed by atoms with Gasteiger partial charge in [-0.25, -0.2) is 21.6 Å². The number of aliphatic hydroxyl groups is 1. The van der Waals surface area contributed by atoms with Gasteiger partial charge in [0.25, 0.3) is 5.91 Å². The summed E-state index contributed by atoms with van der Waals surface area (Å²) in [4.78, 5) is 24.3. The minimum Gasteiger partial charge on any atom is -0.382 e. The fourth-order valence-electron chi connectivity index (χ4n) is 5.16. The zero-order chi connectivity index (χ0) is 25.0. The Labute approximate surface area is 199 Å². The number of rotatable bonds is 5. The van der Waals surface area contributed by atoms with Crippen molar-refractivity contribution in [1.29, 1.82) is 0 Å². The summed E-state index contributed by atoms with van der Waals surface area (Å²) in [5, 5.41) is 11.9. The summed E-state index contributed by atoms with van der Waals surface area (Å²) >= 11 is 6.19. The molecule has 11 heteroatoms. The maximum Gasteiger partial charge on any atom is 0.255 e. The van der Waals surface area contributed by atoms with E-state index in [1.54, 1.807) is 0 Å². The predicted octanol–water partition coefficient (Wildman–Crippen LogP) is 4.29. The third-order valence-electron chi connectivity index (χ3n) is 6.79. The van der Waals surface area contributed by atoms with Crippen LogP contribution >= 0.6 is 11.6 Å². The van der Waals surface area contributed by atoms with Crippen molar-refractivity contribution in [3.8, 4) is 0 Å². The Morgan fingerprint density at radius 1 is 1.06 bits per heavy atom. The number of nitrogens with one attached hydrogen (secondary N) is 1. The zero-order valence-corrected chi connectivity index (χ0v) is 19.5. The first kappa shape index (κ1) is 24.7. The monoisotopic (exact) mass is 515 g/mol. The molecule has 4 rings (SSSR count). The Morgan fingerprint density at radius 3 is 2.15 bits per heavy atom. The number of hydrogen-bond donors (Lipinski definition) is 2. The fraction of sp³-hybridized carbons (Fsp3) is 0.391. The number of hydrogen-bond acceptors (Lipinski definition) is 5. The second-order valence-corrected chi connectivity index (χ2v) is 11.4. The van der Waals surface area contributed by atoms with E-state index in [0.29, 0.717) is 25.0 Å². The Balaban J connectivity index is 1.63. The van der Waals surface area contributed by atoms with Crippen LogP contribution in [0.1, 0.15) is 43.0 Å². The molecular weight excluding hydrogens is 495 g/mol. The third-order valence-corrected chi connectivity index (χ3v) is 9.67. The van der Waals surface area contributed by atoms with Gasteiger partial charge in [0.05, 0.1) is 15.2 Å². The van der Waals surface area contributed by atoms with E-state index in [4.69, 9.17) is 11.6 Å². The predicted molar refractivity (Wildman–Crippen MR) is 118 cm³/mol. The summed E-state index contributed by atoms with van der Waals surface area (Å²) in [6.45, 7) is 1.28. The van der Waals surface area contributed by atoms with E-state index < -0.39 is 61.7 Å². The van der Waals surface area contributed by atoms with Gasteiger partial charge < -0.3 is 10.4 Å². The van der Waals surface area contributed by atoms with Gasteiger partial charge in [-0.1, -0.05) is 11.6 Å². The minimum absolute atomic E-state index is 0.0300. The molecule has 0 spiro atoms. The van der Waals surface area contributed by atoms with Gasteiger partial charge in [0, 0.05) is 23.4 Å². The van der Waals surface area contributed by atoms with Crippen LogP contribution in [0.3, 0.4) is 0 Å². The van der Waals surface area contributed by atoms with Gasteiger partial charge in [0.2, 0.25) is 0 Å². The normalized spacial score (nSPS) is 26.4. The van der Waals surface area contributed by atoms with Gasteiger partial charge in [-0.05, 0) is 62.6 Å². The molecule has 4 atom stereocenters. The highest BCUT2D eigenvalue weighted by molar-refractivity contribution is 7.92. The van der Waals surface area contributed by atoms with Crippen LogP contribution in [0.25, 0.3) is 0 Å². The molecule has 1 amide bonds. The van der Waals surface area contributed by atoms with E-state index >= 15 is 0 Å². The van der Waals surface area contributed by atoms with E-state index in [1.165, 1.54) is 19.1 Å². The average molecular weight is 516 g/mol. The van der Waals surface area contributed by atoms with Crippen molar-refractivity contribution in [2.75, 3.05) is 5.32 Å².